The number of benzene rings is 2. The summed E-state index contributed by atoms with van der Waals surface area (Å²) < 4.78 is 69.5. The number of primary amides is 1. The minimum absolute atomic E-state index is 0.00860. The second kappa shape index (κ2) is 11.1. The molecule has 3 heterocycles. The number of nitrogens with two attached hydrogens (primary N) is 1. The van der Waals surface area contributed by atoms with Crippen LogP contribution < -0.4 is 20.5 Å². The molecule has 1 fully saturated rings. The van der Waals surface area contributed by atoms with Gasteiger partial charge in [-0.3, -0.25) is 9.59 Å². The van der Waals surface area contributed by atoms with E-state index < -0.39 is 47.1 Å². The molecule has 1 aliphatic carbocycles. The van der Waals surface area contributed by atoms with Gasteiger partial charge in [0.05, 0.1) is 29.5 Å². The molecule has 1 aliphatic heterocycles. The Hall–Kier alpha value is -4.56. The second-order valence-corrected chi connectivity index (χ2v) is 11.9. The second-order valence-electron chi connectivity index (χ2n) is 11.2. The Balaban J connectivity index is 1.37. The summed E-state index contributed by atoms with van der Waals surface area (Å²) >= 11 is 1.33. The Labute approximate surface area is 258 Å². The average molecular weight is 643 g/mol. The number of aliphatic hydroxyl groups is 1. The Morgan fingerprint density at radius 3 is 2.53 bits per heavy atom. The van der Waals surface area contributed by atoms with Gasteiger partial charge < -0.3 is 25.6 Å². The van der Waals surface area contributed by atoms with Gasteiger partial charge in [0.25, 0.3) is 5.91 Å². The number of hydrogen-bond donors (Lipinski definition) is 3. The van der Waals surface area contributed by atoms with Crippen LogP contribution in [0.5, 0.6) is 11.5 Å². The van der Waals surface area contributed by atoms with Crippen molar-refractivity contribution in [2.45, 2.75) is 43.1 Å². The van der Waals surface area contributed by atoms with E-state index in [1.54, 1.807) is 17.0 Å². The highest BCUT2D eigenvalue weighted by atomic mass is 32.1. The quantitative estimate of drug-likeness (QED) is 0.222. The van der Waals surface area contributed by atoms with Crippen molar-refractivity contribution < 1.29 is 41.7 Å². The molecule has 0 bridgehead atoms. The van der Waals surface area contributed by atoms with Crippen molar-refractivity contribution in [2.75, 3.05) is 13.2 Å². The first kappa shape index (κ1) is 30.5. The van der Waals surface area contributed by atoms with Crippen LogP contribution in [0.4, 0.5) is 17.6 Å². The lowest BCUT2D eigenvalue weighted by Gasteiger charge is -2.31. The van der Waals surface area contributed by atoms with Gasteiger partial charge in [-0.1, -0.05) is 0 Å². The lowest BCUT2D eigenvalue weighted by molar-refractivity contribution is -0.265. The number of carbonyl (C=O) groups excluding carboxylic acids is 2. The molecule has 9 nitrogen and oxygen atoms in total. The molecule has 6 rings (SSSR count). The molecule has 2 amide bonds. The van der Waals surface area contributed by atoms with E-state index in [4.69, 9.17) is 15.2 Å². The summed E-state index contributed by atoms with van der Waals surface area (Å²) in [7, 11) is 0. The fourth-order valence-corrected chi connectivity index (χ4v) is 5.49. The molecule has 1 saturated carbocycles. The van der Waals surface area contributed by atoms with Crippen LogP contribution in [-0.4, -0.2) is 52.3 Å². The van der Waals surface area contributed by atoms with E-state index in [0.717, 1.165) is 31.0 Å². The lowest BCUT2D eigenvalue weighted by Crippen LogP contribution is -2.51. The number of amides is 2. The van der Waals surface area contributed by atoms with Crippen LogP contribution in [-0.2, 0) is 15.8 Å². The van der Waals surface area contributed by atoms with E-state index in [1.807, 2.05) is 0 Å². The topological polar surface area (TPSA) is 137 Å². The molecule has 4 aromatic rings. The number of fused-ring (bicyclic) bond motifs is 1. The largest absolute Gasteiger partial charge is 0.490 e. The zero-order valence-electron chi connectivity index (χ0n) is 23.7. The highest BCUT2D eigenvalue weighted by Crippen LogP contribution is 2.47. The van der Waals surface area contributed by atoms with Crippen molar-refractivity contribution in [3.8, 4) is 34.0 Å². The molecule has 14 heteroatoms. The first-order valence-electron chi connectivity index (χ1n) is 13.8. The number of pyridine rings is 1. The summed E-state index contributed by atoms with van der Waals surface area (Å²) in [5.74, 6) is -1.92. The molecule has 0 saturated heterocycles. The SMILES string of the molecule is C[C@]1(C(N)=O)COc2c1cc(C(O)(CNC(=O)c1ccc(OC3CC3)c(-c3cscn3)c1)C(F)(F)F)nc2-c1ccc(F)cc1. The van der Waals surface area contributed by atoms with Crippen LogP contribution >= 0.6 is 11.3 Å². The summed E-state index contributed by atoms with van der Waals surface area (Å²) in [5.41, 5.74) is 2.02. The van der Waals surface area contributed by atoms with E-state index in [9.17, 15) is 32.3 Å². The minimum atomic E-state index is -5.35. The summed E-state index contributed by atoms with van der Waals surface area (Å²) in [4.78, 5) is 34.0. The van der Waals surface area contributed by atoms with Crippen molar-refractivity contribution in [1.82, 2.24) is 15.3 Å². The first-order chi connectivity index (χ1) is 21.3. The molecule has 2 aromatic heterocycles. The normalized spacial score (nSPS) is 18.9. The number of thiazole rings is 1. The number of ether oxygens (including phenoxy) is 2. The van der Waals surface area contributed by atoms with Gasteiger partial charge in [-0.2, -0.15) is 13.2 Å². The van der Waals surface area contributed by atoms with Crippen molar-refractivity contribution in [1.29, 1.82) is 0 Å². The van der Waals surface area contributed by atoms with Crippen molar-refractivity contribution in [3.05, 3.63) is 82.1 Å². The van der Waals surface area contributed by atoms with Crippen molar-refractivity contribution in [2.24, 2.45) is 5.73 Å². The van der Waals surface area contributed by atoms with Gasteiger partial charge in [-0.25, -0.2) is 14.4 Å². The molecule has 1 unspecified atom stereocenters. The molecular formula is C31H26F4N4O5S. The van der Waals surface area contributed by atoms with Crippen LogP contribution in [0.1, 0.15) is 41.4 Å². The minimum Gasteiger partial charge on any atom is -0.490 e. The van der Waals surface area contributed by atoms with Gasteiger partial charge in [0.15, 0.2) is 0 Å². The van der Waals surface area contributed by atoms with Crippen LogP contribution in [0.2, 0.25) is 0 Å². The monoisotopic (exact) mass is 642 g/mol. The number of nitrogens with zero attached hydrogens (tertiary/aromatic N) is 2. The predicted octanol–water partition coefficient (Wildman–Crippen LogP) is 4.87. The predicted molar refractivity (Wildman–Crippen MR) is 155 cm³/mol. The van der Waals surface area contributed by atoms with Gasteiger partial charge in [0, 0.05) is 27.6 Å². The Morgan fingerprint density at radius 2 is 1.91 bits per heavy atom. The molecule has 234 valence electrons. The van der Waals surface area contributed by atoms with Crippen LogP contribution in [0.15, 0.2) is 59.4 Å². The summed E-state index contributed by atoms with van der Waals surface area (Å²) in [6.45, 7) is -0.227. The van der Waals surface area contributed by atoms with Gasteiger partial charge in [-0.15, -0.1) is 11.3 Å². The number of carbonyl (C=O) groups is 2. The Bertz CT molecular complexity index is 1780. The van der Waals surface area contributed by atoms with Crippen LogP contribution in [0.3, 0.4) is 0 Å². The molecule has 2 aliphatic rings. The number of alkyl halides is 3. The van der Waals surface area contributed by atoms with Gasteiger partial charge >= 0.3 is 6.18 Å². The maximum absolute atomic E-state index is 14.7. The molecule has 0 spiro atoms. The van der Waals surface area contributed by atoms with Crippen molar-refractivity contribution >= 4 is 23.2 Å². The third-order valence-electron chi connectivity index (χ3n) is 7.90. The fraction of sp³-hybridized carbons (Fsp3) is 0.290. The maximum Gasteiger partial charge on any atom is 0.424 e. The van der Waals surface area contributed by atoms with Gasteiger partial charge in [0.1, 0.15) is 35.0 Å². The third-order valence-corrected chi connectivity index (χ3v) is 8.49. The smallest absolute Gasteiger partial charge is 0.424 e. The molecule has 2 aromatic carbocycles. The van der Waals surface area contributed by atoms with Crippen LogP contribution in [0.25, 0.3) is 22.5 Å². The molecular weight excluding hydrogens is 616 g/mol. The average Bonchev–Trinajstić information content (AvgIpc) is 3.51. The summed E-state index contributed by atoms with van der Waals surface area (Å²) in [5, 5.41) is 15.2. The van der Waals surface area contributed by atoms with E-state index >= 15 is 0 Å². The third kappa shape index (κ3) is 5.59. The van der Waals surface area contributed by atoms with Crippen LogP contribution in [0, 0.1) is 5.82 Å². The number of rotatable bonds is 9. The Kier molecular flexibility index (Phi) is 7.52. The van der Waals surface area contributed by atoms with Gasteiger partial charge in [-0.05, 0) is 68.3 Å². The number of hydrogen-bond acceptors (Lipinski definition) is 8. The molecule has 45 heavy (non-hydrogen) atoms. The highest BCUT2D eigenvalue weighted by molar-refractivity contribution is 7.07. The molecule has 2 atom stereocenters. The van der Waals surface area contributed by atoms with Crippen molar-refractivity contribution in [3.63, 3.8) is 0 Å². The lowest BCUT2D eigenvalue weighted by atomic mass is 9.81. The highest BCUT2D eigenvalue weighted by Gasteiger charge is 2.57. The van der Waals surface area contributed by atoms with E-state index in [1.165, 1.54) is 42.5 Å². The summed E-state index contributed by atoms with van der Waals surface area (Å²) in [6, 6.07) is 10.0. The number of aromatic nitrogens is 2. The molecule has 4 N–H and O–H groups in total. The number of nitrogens with one attached hydrogen (secondary N) is 1. The van der Waals surface area contributed by atoms with Gasteiger partial charge in [0.2, 0.25) is 11.5 Å². The van der Waals surface area contributed by atoms with E-state index in [2.05, 4.69) is 15.3 Å². The van der Waals surface area contributed by atoms with E-state index in [-0.39, 0.29) is 40.8 Å². The zero-order valence-corrected chi connectivity index (χ0v) is 24.5. The standard InChI is InChI=1S/C31H26F4N4O5S/c1-29(28(36)41)14-43-26-21(29)11-24(39-25(26)16-2-5-18(32)6-3-16)30(42,31(33,34)35)13-37-27(40)17-4-9-23(44-19-7-8-19)20(10-17)22-12-45-15-38-22/h2-6,9-12,15,19,42H,7-8,13-14H2,1H3,(H2,36,41)(H,37,40)/t29-,30?/m0/s1. The zero-order chi connectivity index (χ0) is 32.1. The first-order valence-corrected chi connectivity index (χ1v) is 14.8. The molecule has 0 radical (unpaired) electrons. The Morgan fingerprint density at radius 1 is 1.18 bits per heavy atom. The van der Waals surface area contributed by atoms with E-state index in [0.29, 0.717) is 17.0 Å². The summed E-state index contributed by atoms with van der Waals surface area (Å²) in [6.07, 6.45) is -3.53. The fourth-order valence-electron chi connectivity index (χ4n) is 4.93. The number of halogens is 4. The maximum atomic E-state index is 14.7.